The van der Waals surface area contributed by atoms with Crippen LogP contribution in [0.4, 0.5) is 13.2 Å². The van der Waals surface area contributed by atoms with E-state index in [1.807, 2.05) is 19.1 Å². The summed E-state index contributed by atoms with van der Waals surface area (Å²) < 4.78 is 81.4. The molecule has 0 aliphatic carbocycles. The smallest absolute Gasteiger partial charge is 0.416 e. The number of aliphatic imine (C=N–C) groups is 1. The van der Waals surface area contributed by atoms with Crippen molar-refractivity contribution in [2.45, 2.75) is 69.7 Å². The molecule has 2 fully saturated rings. The maximum Gasteiger partial charge on any atom is 0.416 e. The maximum absolute atomic E-state index is 13.8. The van der Waals surface area contributed by atoms with E-state index in [0.29, 0.717) is 82.0 Å². The predicted molar refractivity (Wildman–Crippen MR) is 168 cm³/mol. The number of carbonyl (C=O) groups excluding carboxylic acids is 1. The van der Waals surface area contributed by atoms with Gasteiger partial charge < -0.3 is 19.7 Å². The van der Waals surface area contributed by atoms with Crippen molar-refractivity contribution in [3.05, 3.63) is 64.2 Å². The lowest BCUT2D eigenvalue weighted by molar-refractivity contribution is -0.137. The minimum Gasteiger partial charge on any atom is -0.494 e. The molecule has 6 aliphatic heterocycles. The van der Waals surface area contributed by atoms with Gasteiger partial charge in [0.1, 0.15) is 11.6 Å². The molecule has 0 saturated carbocycles. The molecule has 2 aromatic carbocycles. The molecule has 1 spiro atoms. The first kappa shape index (κ1) is 32.8. The molecule has 2 aromatic rings. The molecule has 6 aliphatic rings. The highest BCUT2D eigenvalue weighted by molar-refractivity contribution is 7.89. The normalized spacial score (nSPS) is 27.5. The number of aryl methyl sites for hydroxylation is 2. The molecule has 6 heterocycles. The Bertz CT molecular complexity index is 1590. The first-order valence-corrected chi connectivity index (χ1v) is 17.7. The summed E-state index contributed by atoms with van der Waals surface area (Å²) >= 11 is 0. The van der Waals surface area contributed by atoms with Crippen molar-refractivity contribution >= 4 is 21.8 Å². The number of benzene rings is 2. The van der Waals surface area contributed by atoms with Crippen molar-refractivity contribution in [2.24, 2.45) is 4.99 Å². The molecule has 9 nitrogen and oxygen atoms in total. The van der Waals surface area contributed by atoms with Crippen LogP contribution in [0.1, 0.15) is 71.1 Å². The Morgan fingerprint density at radius 3 is 2.54 bits per heavy atom. The zero-order chi connectivity index (χ0) is 32.5. The summed E-state index contributed by atoms with van der Waals surface area (Å²) in [6.07, 6.45) is -0.335. The van der Waals surface area contributed by atoms with Gasteiger partial charge >= 0.3 is 6.18 Å². The van der Waals surface area contributed by atoms with Crippen LogP contribution in [0.5, 0.6) is 5.75 Å². The van der Waals surface area contributed by atoms with Crippen LogP contribution in [0.3, 0.4) is 0 Å². The number of sulfonamides is 1. The summed E-state index contributed by atoms with van der Waals surface area (Å²) in [5, 5.41) is 3.35. The molecule has 1 N–H and O–H groups in total. The van der Waals surface area contributed by atoms with Gasteiger partial charge in [0.25, 0.3) is 5.91 Å². The number of carbonyl (C=O) groups is 1. The predicted octanol–water partition coefficient (Wildman–Crippen LogP) is 4.56. The number of alkyl halides is 3. The number of halogens is 3. The first-order valence-electron chi connectivity index (χ1n) is 16.1. The van der Waals surface area contributed by atoms with Crippen molar-refractivity contribution in [3.63, 3.8) is 0 Å². The van der Waals surface area contributed by atoms with Crippen LogP contribution in [-0.4, -0.2) is 92.7 Å². The number of amides is 1. The molecule has 2 saturated heterocycles. The van der Waals surface area contributed by atoms with E-state index in [-0.39, 0.29) is 30.1 Å². The lowest BCUT2D eigenvalue weighted by Gasteiger charge is -2.38. The summed E-state index contributed by atoms with van der Waals surface area (Å²) in [6, 6.07) is 9.15. The quantitative estimate of drug-likeness (QED) is 0.444. The van der Waals surface area contributed by atoms with Crippen LogP contribution < -0.4 is 10.1 Å². The number of nitrogens with one attached hydrogen (secondary N) is 1. The fourth-order valence-electron chi connectivity index (χ4n) is 6.71. The van der Waals surface area contributed by atoms with E-state index in [2.05, 4.69) is 10.3 Å². The summed E-state index contributed by atoms with van der Waals surface area (Å²) in [7, 11) is -3.56. The van der Waals surface area contributed by atoms with Crippen LogP contribution in [0.2, 0.25) is 0 Å². The second-order valence-corrected chi connectivity index (χ2v) is 15.0. The van der Waals surface area contributed by atoms with Gasteiger partial charge in [-0.05, 0) is 93.3 Å². The third-order valence-corrected chi connectivity index (χ3v) is 11.4. The van der Waals surface area contributed by atoms with E-state index in [9.17, 15) is 26.4 Å². The second-order valence-electron chi connectivity index (χ2n) is 12.9. The second kappa shape index (κ2) is 13.2. The van der Waals surface area contributed by atoms with E-state index in [1.54, 1.807) is 17.0 Å². The molecule has 0 aromatic heterocycles. The number of piperidine rings is 1. The lowest BCUT2D eigenvalue weighted by atomic mass is 9.89. The highest BCUT2D eigenvalue weighted by Crippen LogP contribution is 2.35. The summed E-state index contributed by atoms with van der Waals surface area (Å²) in [5.41, 5.74) is 1.32. The van der Waals surface area contributed by atoms with Crippen molar-refractivity contribution in [2.75, 3.05) is 51.7 Å². The van der Waals surface area contributed by atoms with E-state index in [1.165, 1.54) is 4.31 Å². The molecule has 0 radical (unpaired) electrons. The minimum absolute atomic E-state index is 0.0478. The molecule has 9 bridgehead atoms. The van der Waals surface area contributed by atoms with Gasteiger partial charge in [0, 0.05) is 43.9 Å². The fourth-order valence-corrected chi connectivity index (χ4v) is 8.19. The number of ether oxygens (including phenoxy) is 2. The van der Waals surface area contributed by atoms with E-state index >= 15 is 0 Å². The lowest BCUT2D eigenvalue weighted by Crippen LogP contribution is -2.55. The van der Waals surface area contributed by atoms with Gasteiger partial charge in [0.2, 0.25) is 10.0 Å². The summed E-state index contributed by atoms with van der Waals surface area (Å²) in [5.74, 6) is 0.381. The zero-order valence-electron chi connectivity index (χ0n) is 26.1. The van der Waals surface area contributed by atoms with Gasteiger partial charge in [-0.25, -0.2) is 12.7 Å². The SMILES string of the molecule is Cc1cc2ccc1CCS(=O)(=O)N1CCC3(CC1)CN=C(N3)c1cc(cc(C(F)(F)F)c1)OCCCCCO[C@@H]1CCN(C1)C2=O. The number of rotatable bonds is 0. The highest BCUT2D eigenvalue weighted by atomic mass is 32.2. The van der Waals surface area contributed by atoms with Gasteiger partial charge in [-0.1, -0.05) is 6.07 Å². The van der Waals surface area contributed by atoms with Crippen LogP contribution in [-0.2, 0) is 27.4 Å². The number of fused-ring (bicyclic) bond motifs is 2. The molecular formula is C33H41F3N4O5S. The van der Waals surface area contributed by atoms with Gasteiger partial charge in [-0.15, -0.1) is 0 Å². The summed E-state index contributed by atoms with van der Waals surface area (Å²) in [4.78, 5) is 19.6. The first-order chi connectivity index (χ1) is 21.9. The van der Waals surface area contributed by atoms with Crippen LogP contribution in [0.15, 0.2) is 41.4 Å². The molecule has 250 valence electrons. The standard InChI is InChI=1S/C33H41F3N4O5S/c1-23-17-25-6-5-24(23)8-16-46(42,43)40-12-9-32(10-13-40)22-37-30(38-32)26-18-27(33(34,35)36)20-29(19-26)45-15-4-2-3-14-44-28-7-11-39(21-28)31(25)41/h5-6,17-20,28H,2-4,7-16,21-22H2,1H3,(H,37,38)/t28-/m1/s1. The average Bonchev–Trinajstić information content (AvgIpc) is 3.66. The molecule has 1 atom stereocenters. The maximum atomic E-state index is 13.8. The summed E-state index contributed by atoms with van der Waals surface area (Å²) in [6.45, 7) is 4.75. The number of nitrogens with zero attached hydrogens (tertiary/aromatic N) is 3. The molecule has 1 amide bonds. The van der Waals surface area contributed by atoms with Crippen LogP contribution in [0.25, 0.3) is 0 Å². The van der Waals surface area contributed by atoms with Gasteiger partial charge in [0.05, 0.1) is 36.1 Å². The molecule has 13 heteroatoms. The monoisotopic (exact) mass is 662 g/mol. The molecule has 0 unspecified atom stereocenters. The van der Waals surface area contributed by atoms with Gasteiger partial charge in [-0.2, -0.15) is 13.2 Å². The van der Waals surface area contributed by atoms with Crippen LogP contribution >= 0.6 is 0 Å². The van der Waals surface area contributed by atoms with Crippen molar-refractivity contribution in [3.8, 4) is 5.75 Å². The van der Waals surface area contributed by atoms with E-state index in [0.717, 1.165) is 42.5 Å². The number of hydrogen-bond donors (Lipinski definition) is 1. The Morgan fingerprint density at radius 2 is 1.78 bits per heavy atom. The Balaban J connectivity index is 1.19. The Hall–Kier alpha value is -3.16. The zero-order valence-corrected chi connectivity index (χ0v) is 26.9. The molecule has 46 heavy (non-hydrogen) atoms. The van der Waals surface area contributed by atoms with Gasteiger partial charge in [0.15, 0.2) is 0 Å². The van der Waals surface area contributed by atoms with E-state index in [4.69, 9.17) is 9.47 Å². The largest absolute Gasteiger partial charge is 0.494 e. The Labute approximate surface area is 268 Å². The number of amidine groups is 1. The topological polar surface area (TPSA) is 101 Å². The van der Waals surface area contributed by atoms with Crippen molar-refractivity contribution in [1.82, 2.24) is 14.5 Å². The highest BCUT2D eigenvalue weighted by Gasteiger charge is 2.42. The van der Waals surface area contributed by atoms with Crippen molar-refractivity contribution in [1.29, 1.82) is 0 Å². The third kappa shape index (κ3) is 7.36. The molecular weight excluding hydrogens is 621 g/mol. The van der Waals surface area contributed by atoms with Gasteiger partial charge in [-0.3, -0.25) is 9.79 Å². The minimum atomic E-state index is -4.55. The molecule has 8 rings (SSSR count). The van der Waals surface area contributed by atoms with Crippen LogP contribution in [0, 0.1) is 6.92 Å². The average molecular weight is 663 g/mol. The Morgan fingerprint density at radius 1 is 1.00 bits per heavy atom. The Kier molecular flexibility index (Phi) is 9.37. The number of hydrogen-bond acceptors (Lipinski definition) is 7. The fraction of sp³-hybridized carbons (Fsp3) is 0.576. The third-order valence-electron chi connectivity index (χ3n) is 9.57. The van der Waals surface area contributed by atoms with Crippen molar-refractivity contribution < 1.29 is 35.9 Å². The van der Waals surface area contributed by atoms with E-state index < -0.39 is 27.3 Å².